The van der Waals surface area contributed by atoms with Crippen molar-refractivity contribution in [1.82, 2.24) is 25.2 Å². The van der Waals surface area contributed by atoms with Gasteiger partial charge in [0.1, 0.15) is 17.4 Å². The van der Waals surface area contributed by atoms with E-state index in [2.05, 4.69) is 20.9 Å². The smallest absolute Gasteiger partial charge is 0.351 e. The number of anilines is 1. The molecule has 1 atom stereocenters. The molecule has 2 aromatic carbocycles. The highest BCUT2D eigenvalue weighted by molar-refractivity contribution is 6.31. The third-order valence-corrected chi connectivity index (χ3v) is 6.73. The van der Waals surface area contributed by atoms with Crippen LogP contribution >= 0.6 is 11.6 Å². The van der Waals surface area contributed by atoms with Crippen LogP contribution in [0.25, 0.3) is 11.3 Å². The molecule has 206 valence electrons. The molecular formula is C26H20ClF3N6O4. The Morgan fingerprint density at radius 2 is 1.90 bits per heavy atom. The lowest BCUT2D eigenvalue weighted by Crippen LogP contribution is -2.54. The molecule has 5 rings (SSSR count). The Balaban J connectivity index is 1.24. The fraction of sp³-hybridized carbons (Fsp3) is 0.231. The summed E-state index contributed by atoms with van der Waals surface area (Å²) >= 11 is 5.79. The fourth-order valence-electron chi connectivity index (χ4n) is 4.44. The van der Waals surface area contributed by atoms with Gasteiger partial charge in [0.15, 0.2) is 0 Å². The number of carbonyl (C=O) groups excluding carboxylic acids is 4. The predicted molar refractivity (Wildman–Crippen MR) is 135 cm³/mol. The van der Waals surface area contributed by atoms with Gasteiger partial charge in [-0.2, -0.15) is 13.2 Å². The molecule has 0 bridgehead atoms. The maximum absolute atomic E-state index is 12.9. The molecule has 40 heavy (non-hydrogen) atoms. The largest absolute Gasteiger partial charge is 0.417 e. The van der Waals surface area contributed by atoms with Crippen LogP contribution in [0.4, 0.5) is 18.9 Å². The van der Waals surface area contributed by atoms with Gasteiger partial charge in [0, 0.05) is 30.3 Å². The quantitative estimate of drug-likeness (QED) is 0.416. The second kappa shape index (κ2) is 10.6. The Morgan fingerprint density at radius 1 is 1.10 bits per heavy atom. The molecule has 14 heteroatoms. The van der Waals surface area contributed by atoms with E-state index in [1.165, 1.54) is 12.1 Å². The summed E-state index contributed by atoms with van der Waals surface area (Å²) in [4.78, 5) is 49.8. The summed E-state index contributed by atoms with van der Waals surface area (Å²) in [6, 6.07) is 9.38. The van der Waals surface area contributed by atoms with Crippen LogP contribution in [-0.2, 0) is 38.3 Å². The van der Waals surface area contributed by atoms with Crippen molar-refractivity contribution in [3.63, 3.8) is 0 Å². The summed E-state index contributed by atoms with van der Waals surface area (Å²) in [5.74, 6) is -2.49. The first-order valence-corrected chi connectivity index (χ1v) is 12.4. The van der Waals surface area contributed by atoms with E-state index in [4.69, 9.17) is 11.6 Å². The number of nitrogens with zero attached hydrogens (tertiary/aromatic N) is 4. The number of nitrogens with one attached hydrogen (secondary N) is 2. The summed E-state index contributed by atoms with van der Waals surface area (Å²) in [5.41, 5.74) is 1.32. The molecule has 0 spiro atoms. The second-order valence-corrected chi connectivity index (χ2v) is 9.58. The van der Waals surface area contributed by atoms with E-state index in [1.54, 1.807) is 35.1 Å². The normalized spacial score (nSPS) is 17.8. The highest BCUT2D eigenvalue weighted by Crippen LogP contribution is 2.35. The topological polar surface area (TPSA) is 126 Å². The minimum Gasteiger partial charge on any atom is -0.351 e. The van der Waals surface area contributed by atoms with Crippen LogP contribution in [0.5, 0.6) is 0 Å². The number of benzene rings is 2. The van der Waals surface area contributed by atoms with Crippen LogP contribution in [0, 0.1) is 0 Å². The van der Waals surface area contributed by atoms with Crippen LogP contribution in [0.2, 0.25) is 5.02 Å². The number of halogens is 4. The van der Waals surface area contributed by atoms with Crippen molar-refractivity contribution in [2.24, 2.45) is 0 Å². The van der Waals surface area contributed by atoms with Gasteiger partial charge in [0.05, 0.1) is 16.8 Å². The van der Waals surface area contributed by atoms with Gasteiger partial charge in [-0.1, -0.05) is 35.0 Å². The highest BCUT2D eigenvalue weighted by Gasteiger charge is 2.42. The van der Waals surface area contributed by atoms with Crippen molar-refractivity contribution in [1.29, 1.82) is 0 Å². The summed E-state index contributed by atoms with van der Waals surface area (Å²) in [6.07, 6.45) is -1.31. The zero-order valence-electron chi connectivity index (χ0n) is 20.5. The Labute approximate surface area is 229 Å². The first-order chi connectivity index (χ1) is 19.0. The van der Waals surface area contributed by atoms with Gasteiger partial charge in [-0.05, 0) is 42.7 Å². The van der Waals surface area contributed by atoms with Crippen molar-refractivity contribution >= 4 is 40.9 Å². The summed E-state index contributed by atoms with van der Waals surface area (Å²) in [7, 11) is 0. The molecule has 0 radical (unpaired) electrons. The minimum absolute atomic E-state index is 0.0225. The zero-order chi connectivity index (χ0) is 28.6. The highest BCUT2D eigenvalue weighted by atomic mass is 35.5. The SMILES string of the molecule is O=C1CCC(N2C(=O)C=C(Nc3cccc(-c4cn(CCc5ccc(C(F)(F)F)c(Cl)c5)nn4)c3)C2=O)C(=O)N1. The van der Waals surface area contributed by atoms with Gasteiger partial charge in [-0.3, -0.25) is 34.1 Å². The number of amides is 4. The number of alkyl halides is 3. The van der Waals surface area contributed by atoms with Gasteiger partial charge in [0.2, 0.25) is 11.8 Å². The number of aromatic nitrogens is 3. The maximum atomic E-state index is 12.9. The second-order valence-electron chi connectivity index (χ2n) is 9.17. The van der Waals surface area contributed by atoms with E-state index in [-0.39, 0.29) is 23.6 Å². The molecule has 4 amide bonds. The van der Waals surface area contributed by atoms with Crippen molar-refractivity contribution in [2.45, 2.75) is 38.0 Å². The van der Waals surface area contributed by atoms with Crippen molar-refractivity contribution < 1.29 is 32.3 Å². The first-order valence-electron chi connectivity index (χ1n) is 12.1. The monoisotopic (exact) mass is 572 g/mol. The fourth-order valence-corrected chi connectivity index (χ4v) is 4.75. The van der Waals surface area contributed by atoms with E-state index in [9.17, 15) is 32.3 Å². The Bertz CT molecular complexity index is 1570. The molecule has 2 aliphatic heterocycles. The number of aryl methyl sites for hydroxylation is 2. The van der Waals surface area contributed by atoms with E-state index in [0.717, 1.165) is 17.0 Å². The molecule has 1 saturated heterocycles. The average Bonchev–Trinajstić information content (AvgIpc) is 3.47. The van der Waals surface area contributed by atoms with Crippen LogP contribution in [-0.4, -0.2) is 49.6 Å². The van der Waals surface area contributed by atoms with E-state index in [1.807, 2.05) is 0 Å². The molecule has 2 aliphatic rings. The predicted octanol–water partition coefficient (Wildman–Crippen LogP) is 3.33. The molecule has 1 unspecified atom stereocenters. The number of imide groups is 2. The number of carbonyl (C=O) groups is 4. The molecule has 2 N–H and O–H groups in total. The van der Waals surface area contributed by atoms with Crippen LogP contribution in [0.3, 0.4) is 0 Å². The van der Waals surface area contributed by atoms with Crippen molar-refractivity contribution in [2.75, 3.05) is 5.32 Å². The number of hydrogen-bond donors (Lipinski definition) is 2. The minimum atomic E-state index is -4.52. The Kier molecular flexibility index (Phi) is 7.15. The zero-order valence-corrected chi connectivity index (χ0v) is 21.3. The third-order valence-electron chi connectivity index (χ3n) is 6.42. The molecule has 3 heterocycles. The molecular weight excluding hydrogens is 553 g/mol. The van der Waals surface area contributed by atoms with Gasteiger partial charge >= 0.3 is 6.18 Å². The molecule has 3 aromatic rings. The number of rotatable bonds is 7. The van der Waals surface area contributed by atoms with Crippen LogP contribution in [0.15, 0.2) is 60.4 Å². The lowest BCUT2D eigenvalue weighted by molar-refractivity contribution is -0.149. The summed E-state index contributed by atoms with van der Waals surface area (Å²) in [5, 5.41) is 12.9. The third kappa shape index (κ3) is 5.59. The Morgan fingerprint density at radius 3 is 2.62 bits per heavy atom. The first kappa shape index (κ1) is 27.1. The number of piperidine rings is 1. The van der Waals surface area contributed by atoms with Crippen molar-refractivity contribution in [3.8, 4) is 11.3 Å². The van der Waals surface area contributed by atoms with Gasteiger partial charge in [-0.25, -0.2) is 0 Å². The van der Waals surface area contributed by atoms with E-state index in [0.29, 0.717) is 35.5 Å². The summed E-state index contributed by atoms with van der Waals surface area (Å²) in [6.45, 7) is 0.340. The van der Waals surface area contributed by atoms with E-state index >= 15 is 0 Å². The lowest BCUT2D eigenvalue weighted by atomic mass is 10.0. The number of hydrogen-bond acceptors (Lipinski definition) is 7. The molecule has 0 saturated carbocycles. The molecule has 10 nitrogen and oxygen atoms in total. The lowest BCUT2D eigenvalue weighted by Gasteiger charge is -2.28. The maximum Gasteiger partial charge on any atom is 0.417 e. The molecule has 1 aromatic heterocycles. The van der Waals surface area contributed by atoms with Crippen LogP contribution in [0.1, 0.15) is 24.0 Å². The average molecular weight is 573 g/mol. The Hall–Kier alpha value is -4.52. The summed E-state index contributed by atoms with van der Waals surface area (Å²) < 4.78 is 40.3. The molecule has 1 fully saturated rings. The standard InChI is InChI=1S/C26H20ClF3N6O4/c27-18-10-14(4-5-17(18)26(28,29)30)8-9-35-13-20(33-34-35)15-2-1-3-16(11-15)31-19-12-23(38)36(25(19)40)21-6-7-22(37)32-24(21)39/h1-5,10-13,21,31H,6-9H2,(H,32,37,39). The molecule has 0 aliphatic carbocycles. The van der Waals surface area contributed by atoms with E-state index < -0.39 is 41.4 Å². The van der Waals surface area contributed by atoms with Gasteiger partial charge in [-0.15, -0.1) is 5.10 Å². The van der Waals surface area contributed by atoms with Crippen molar-refractivity contribution in [3.05, 3.63) is 76.6 Å². The van der Waals surface area contributed by atoms with Crippen LogP contribution < -0.4 is 10.6 Å². The van der Waals surface area contributed by atoms with Gasteiger partial charge in [0.25, 0.3) is 11.8 Å². The van der Waals surface area contributed by atoms with Gasteiger partial charge < -0.3 is 5.32 Å².